The smallest absolute Gasteiger partial charge is 0.326 e. The van der Waals surface area contributed by atoms with Crippen LogP contribution in [-0.2, 0) is 6.54 Å². The fourth-order valence-corrected chi connectivity index (χ4v) is 0.797. The third-order valence-electron chi connectivity index (χ3n) is 1.11. The van der Waals surface area contributed by atoms with Gasteiger partial charge in [-0.05, 0) is 23.8 Å². The first-order chi connectivity index (χ1) is 5.76. The van der Waals surface area contributed by atoms with Gasteiger partial charge in [0.25, 0.3) is 0 Å². The number of benzene rings is 1. The fourth-order valence-electron chi connectivity index (χ4n) is 0.602. The molecular weight excluding hydrogens is 318 g/mol. The molecule has 0 aliphatic heterocycles. The van der Waals surface area contributed by atoms with E-state index in [1.807, 2.05) is 0 Å². The Kier molecular flexibility index (Phi) is 9.65. The molecule has 0 unspecified atom stereocenters. The van der Waals surface area contributed by atoms with Gasteiger partial charge in [0.2, 0.25) is 0 Å². The van der Waals surface area contributed by atoms with Gasteiger partial charge in [0.1, 0.15) is 0 Å². The van der Waals surface area contributed by atoms with Gasteiger partial charge in [-0.2, -0.15) is 0 Å². The molecule has 0 atom stereocenters. The molecule has 2 N–H and O–H groups in total. The summed E-state index contributed by atoms with van der Waals surface area (Å²) in [6.07, 6.45) is 0. The summed E-state index contributed by atoms with van der Waals surface area (Å²) >= 11 is 12.2. The molecule has 0 saturated carbocycles. The number of rotatable bonds is 1. The maximum absolute atomic E-state index is 5.72. The first-order valence-electron chi connectivity index (χ1n) is 3.22. The highest BCUT2D eigenvalue weighted by Gasteiger charge is 1.92. The Hall–Kier alpha value is 1.20. The molecule has 0 fully saturated rings. The predicted molar refractivity (Wildman–Crippen MR) is 61.8 cm³/mol. The molecule has 12 heavy (non-hydrogen) atoms. The van der Waals surface area contributed by atoms with Crippen LogP contribution >= 0.6 is 37.4 Å². The van der Waals surface area contributed by atoms with E-state index in [0.29, 0.717) is 6.54 Å². The van der Waals surface area contributed by atoms with Gasteiger partial charge < -0.3 is 5.73 Å². The average molecular weight is 325 g/mol. The zero-order valence-electron chi connectivity index (χ0n) is 6.36. The Balaban J connectivity index is 0.000000354. The van der Waals surface area contributed by atoms with Crippen LogP contribution < -0.4 is 5.73 Å². The third kappa shape index (κ3) is 5.78. The summed E-state index contributed by atoms with van der Waals surface area (Å²) in [4.78, 5) is 0. The molecule has 0 saturated heterocycles. The molecule has 63 valence electrons. The van der Waals surface area contributed by atoms with Crippen molar-refractivity contribution in [2.45, 2.75) is 6.54 Å². The fraction of sp³-hybridized carbons (Fsp3) is 0.143. The normalized spacial score (nSPS) is 8.00. The Morgan fingerprint density at radius 1 is 1.58 bits per heavy atom. The lowest BCUT2D eigenvalue weighted by Gasteiger charge is -1.95. The molecular formula is C7H7Br2ClMgN. The molecule has 0 aliphatic carbocycles. The summed E-state index contributed by atoms with van der Waals surface area (Å²) in [6.45, 7) is 0.482. The van der Waals surface area contributed by atoms with Gasteiger partial charge >= 0.3 is 16.0 Å². The first kappa shape index (κ1) is 13.2. The molecule has 1 nitrogen and oxygen atoms in total. The van der Waals surface area contributed by atoms with Crippen molar-refractivity contribution in [3.8, 4) is 0 Å². The zero-order valence-corrected chi connectivity index (χ0v) is 11.7. The van der Waals surface area contributed by atoms with Crippen LogP contribution in [0.2, 0.25) is 5.02 Å². The van der Waals surface area contributed by atoms with Gasteiger partial charge in [-0.25, -0.2) is 0 Å². The summed E-state index contributed by atoms with van der Waals surface area (Å²) in [5, 5.41) is 0.719. The van der Waals surface area contributed by atoms with Crippen molar-refractivity contribution >= 4 is 53.4 Å². The van der Waals surface area contributed by atoms with Gasteiger partial charge in [-0.15, -0.1) is 0 Å². The maximum Gasteiger partial charge on any atom is 0.560 e. The van der Waals surface area contributed by atoms with Crippen molar-refractivity contribution in [1.82, 2.24) is 0 Å². The monoisotopic (exact) mass is 322 g/mol. The molecule has 0 aromatic heterocycles. The summed E-state index contributed by atoms with van der Waals surface area (Å²) in [6, 6.07) is 8.23. The molecule has 0 amide bonds. The van der Waals surface area contributed by atoms with Gasteiger partial charge in [0.15, 0.2) is 0 Å². The number of hydrogen-bond donors (Lipinski definition) is 1. The van der Waals surface area contributed by atoms with Crippen molar-refractivity contribution in [2.75, 3.05) is 0 Å². The van der Waals surface area contributed by atoms with E-state index in [2.05, 4.69) is 31.8 Å². The Morgan fingerprint density at radius 2 is 2.17 bits per heavy atom. The maximum atomic E-state index is 5.72. The highest BCUT2D eigenvalue weighted by atomic mass is 79.9. The lowest BCUT2D eigenvalue weighted by Crippen LogP contribution is -1.95. The predicted octanol–water partition coefficient (Wildman–Crippen LogP) is 2.91. The Labute approximate surface area is 99.5 Å². The Bertz CT molecular complexity index is 222. The summed E-state index contributed by atoms with van der Waals surface area (Å²) < 4.78 is 0. The van der Waals surface area contributed by atoms with Crippen LogP contribution in [0.3, 0.4) is 0 Å². The molecule has 1 radical (unpaired) electrons. The summed E-state index contributed by atoms with van der Waals surface area (Å²) in [5.41, 5.74) is 6.29. The van der Waals surface area contributed by atoms with E-state index in [1.54, 1.807) is 18.2 Å². The minimum absolute atomic E-state index is 0.0417. The van der Waals surface area contributed by atoms with E-state index >= 15 is 0 Å². The summed E-state index contributed by atoms with van der Waals surface area (Å²) in [5.74, 6) is 0. The number of halogens is 3. The van der Waals surface area contributed by atoms with Crippen LogP contribution in [0.4, 0.5) is 0 Å². The first-order valence-corrected chi connectivity index (χ1v) is 11.4. The van der Waals surface area contributed by atoms with E-state index < -0.39 is 0 Å². The van der Waals surface area contributed by atoms with Gasteiger partial charge in [0, 0.05) is 11.6 Å². The standard InChI is InChI=1S/C7H7ClN.2BrH.Mg/c8-7-4-2-1-3-6(7)5-9;;;/h2-4H,5,9H2;2*1H;/q;;;+2/p-2. The molecule has 1 aromatic rings. The SMILES string of the molecule is NCc1c[c]ccc1Cl.[Br][Mg][Br]. The van der Waals surface area contributed by atoms with Gasteiger partial charge in [-0.1, -0.05) is 17.7 Å². The highest BCUT2D eigenvalue weighted by Crippen LogP contribution is 2.12. The van der Waals surface area contributed by atoms with Crippen LogP contribution in [0.25, 0.3) is 0 Å². The van der Waals surface area contributed by atoms with Crippen LogP contribution in [0.1, 0.15) is 5.56 Å². The third-order valence-corrected chi connectivity index (χ3v) is 1.48. The topological polar surface area (TPSA) is 26.0 Å². The number of nitrogens with two attached hydrogens (primary N) is 1. The molecule has 0 spiro atoms. The van der Waals surface area contributed by atoms with Crippen LogP contribution in [0.5, 0.6) is 0 Å². The Morgan fingerprint density at radius 3 is 2.50 bits per heavy atom. The molecule has 1 aromatic carbocycles. The van der Waals surface area contributed by atoms with E-state index in [9.17, 15) is 0 Å². The van der Waals surface area contributed by atoms with E-state index in [4.69, 9.17) is 17.3 Å². The van der Waals surface area contributed by atoms with Crippen molar-refractivity contribution in [3.05, 3.63) is 34.9 Å². The second kappa shape index (κ2) is 8.78. The lowest BCUT2D eigenvalue weighted by atomic mass is 10.2. The van der Waals surface area contributed by atoms with Crippen LogP contribution in [0.15, 0.2) is 18.2 Å². The van der Waals surface area contributed by atoms with Gasteiger partial charge in [-0.3, -0.25) is 25.8 Å². The van der Waals surface area contributed by atoms with Gasteiger partial charge in [0.05, 0.1) is 0 Å². The highest BCUT2D eigenvalue weighted by molar-refractivity contribution is 9.47. The van der Waals surface area contributed by atoms with E-state index in [1.165, 1.54) is 0 Å². The second-order valence-electron chi connectivity index (χ2n) is 1.82. The molecule has 0 bridgehead atoms. The van der Waals surface area contributed by atoms with Crippen molar-refractivity contribution in [1.29, 1.82) is 0 Å². The molecule has 1 rings (SSSR count). The minimum atomic E-state index is 0.0417. The number of hydrogen-bond acceptors (Lipinski definition) is 1. The zero-order chi connectivity index (χ0) is 9.40. The van der Waals surface area contributed by atoms with Crippen LogP contribution in [0, 0.1) is 6.07 Å². The minimum Gasteiger partial charge on any atom is -0.326 e. The van der Waals surface area contributed by atoms with E-state index in [-0.39, 0.29) is 16.0 Å². The summed E-state index contributed by atoms with van der Waals surface area (Å²) in [7, 11) is 0. The quantitative estimate of drug-likeness (QED) is 0.790. The molecule has 0 heterocycles. The average Bonchev–Trinajstić information content (AvgIpc) is 2.07. The largest absolute Gasteiger partial charge is 0.560 e. The second-order valence-corrected chi connectivity index (χ2v) is 10.3. The van der Waals surface area contributed by atoms with Crippen molar-refractivity contribution in [2.24, 2.45) is 5.73 Å². The molecule has 0 aliphatic rings. The lowest BCUT2D eigenvalue weighted by molar-refractivity contribution is 1.07. The molecule has 5 heteroatoms. The van der Waals surface area contributed by atoms with E-state index in [0.717, 1.165) is 10.6 Å². The van der Waals surface area contributed by atoms with Crippen LogP contribution in [-0.4, -0.2) is 16.0 Å². The van der Waals surface area contributed by atoms with Crippen molar-refractivity contribution in [3.63, 3.8) is 0 Å². The van der Waals surface area contributed by atoms with Crippen molar-refractivity contribution < 1.29 is 0 Å².